The van der Waals surface area contributed by atoms with Gasteiger partial charge in [0.05, 0.1) is 5.52 Å². The molecular formula is C18H19N5O5S. The van der Waals surface area contributed by atoms with Gasteiger partial charge < -0.3 is 10.3 Å². The number of nitrogens with one attached hydrogen (secondary N) is 1. The Kier molecular flexibility index (Phi) is 5.87. The first-order chi connectivity index (χ1) is 13.8. The number of primary amides is 1. The zero-order valence-corrected chi connectivity index (χ0v) is 16.3. The molecule has 1 aromatic carbocycles. The SMILES string of the molecule is CCCC(CC(N)=O)c1nc(C(=O)NS(=O)(=O)c2cccc3cccnc23)no1. The molecule has 0 radical (unpaired) electrons. The van der Waals surface area contributed by atoms with E-state index in [4.69, 9.17) is 10.3 Å². The lowest BCUT2D eigenvalue weighted by atomic mass is 9.99. The minimum absolute atomic E-state index is 0.0168. The summed E-state index contributed by atoms with van der Waals surface area (Å²) in [5.74, 6) is -2.44. The zero-order chi connectivity index (χ0) is 21.0. The molecule has 0 aliphatic heterocycles. The fraction of sp³-hybridized carbons (Fsp3) is 0.278. The number of benzene rings is 1. The van der Waals surface area contributed by atoms with E-state index in [0.717, 1.165) is 6.42 Å². The van der Waals surface area contributed by atoms with Crippen molar-refractivity contribution in [3.05, 3.63) is 48.2 Å². The van der Waals surface area contributed by atoms with Crippen molar-refractivity contribution < 1.29 is 22.5 Å². The van der Waals surface area contributed by atoms with Gasteiger partial charge in [0.1, 0.15) is 4.90 Å². The predicted molar refractivity (Wildman–Crippen MR) is 102 cm³/mol. The average Bonchev–Trinajstić information content (AvgIpc) is 3.17. The number of hydrogen-bond donors (Lipinski definition) is 2. The summed E-state index contributed by atoms with van der Waals surface area (Å²) in [5, 5.41) is 4.15. The first-order valence-corrected chi connectivity index (χ1v) is 10.3. The minimum atomic E-state index is -4.23. The number of hydrogen-bond acceptors (Lipinski definition) is 8. The Hall–Kier alpha value is -3.34. The highest BCUT2D eigenvalue weighted by Crippen LogP contribution is 2.24. The third-order valence-electron chi connectivity index (χ3n) is 4.19. The van der Waals surface area contributed by atoms with E-state index in [9.17, 15) is 18.0 Å². The number of rotatable bonds is 8. The van der Waals surface area contributed by atoms with Crippen LogP contribution in [0.15, 0.2) is 45.9 Å². The molecule has 2 amide bonds. The molecule has 11 heteroatoms. The molecule has 29 heavy (non-hydrogen) atoms. The van der Waals surface area contributed by atoms with E-state index >= 15 is 0 Å². The standard InChI is InChI=1S/C18H19N5O5S/c1-2-5-12(10-14(19)24)18-21-16(22-28-18)17(25)23-29(26,27)13-8-3-6-11-7-4-9-20-15(11)13/h3-4,6-9,12H,2,5,10H2,1H3,(H2,19,24)(H,23,25). The Morgan fingerprint density at radius 3 is 2.72 bits per heavy atom. The highest BCUT2D eigenvalue weighted by atomic mass is 32.2. The third kappa shape index (κ3) is 4.57. The number of sulfonamides is 1. The second kappa shape index (κ2) is 8.35. The van der Waals surface area contributed by atoms with Gasteiger partial charge >= 0.3 is 5.91 Å². The van der Waals surface area contributed by atoms with Gasteiger partial charge in [-0.15, -0.1) is 0 Å². The summed E-state index contributed by atoms with van der Waals surface area (Å²) in [6, 6.07) is 7.99. The molecule has 0 spiro atoms. The van der Waals surface area contributed by atoms with E-state index < -0.39 is 33.6 Å². The molecule has 0 saturated carbocycles. The second-order valence-corrected chi connectivity index (χ2v) is 8.03. The number of aromatic nitrogens is 3. The number of carbonyl (C=O) groups excluding carboxylic acids is 2. The van der Waals surface area contributed by atoms with Gasteiger partial charge in [0.25, 0.3) is 15.8 Å². The Morgan fingerprint density at radius 1 is 1.24 bits per heavy atom. The van der Waals surface area contributed by atoms with Crippen LogP contribution in [0.3, 0.4) is 0 Å². The van der Waals surface area contributed by atoms with E-state index in [1.807, 2.05) is 11.6 Å². The summed E-state index contributed by atoms with van der Waals surface area (Å²) in [5.41, 5.74) is 5.46. The maximum Gasteiger partial charge on any atom is 0.306 e. The quantitative estimate of drug-likeness (QED) is 0.558. The molecule has 0 aliphatic carbocycles. The smallest absolute Gasteiger partial charge is 0.306 e. The maximum atomic E-state index is 12.7. The van der Waals surface area contributed by atoms with Gasteiger partial charge in [-0.25, -0.2) is 13.1 Å². The fourth-order valence-electron chi connectivity index (χ4n) is 2.91. The topological polar surface area (TPSA) is 158 Å². The number of nitrogens with two attached hydrogens (primary N) is 1. The van der Waals surface area contributed by atoms with Crippen LogP contribution in [0.4, 0.5) is 0 Å². The van der Waals surface area contributed by atoms with E-state index in [1.54, 1.807) is 24.3 Å². The number of nitrogens with zero attached hydrogens (tertiary/aromatic N) is 3. The molecule has 0 fully saturated rings. The number of amides is 2. The first kappa shape index (κ1) is 20.4. The lowest BCUT2D eigenvalue weighted by Gasteiger charge is -2.08. The summed E-state index contributed by atoms with van der Waals surface area (Å²) < 4.78 is 32.4. The number of para-hydroxylation sites is 1. The third-order valence-corrected chi connectivity index (χ3v) is 5.55. The van der Waals surface area contributed by atoms with Gasteiger partial charge in [-0.2, -0.15) is 4.98 Å². The summed E-state index contributed by atoms with van der Waals surface area (Å²) in [6.45, 7) is 1.91. The van der Waals surface area contributed by atoms with Crippen LogP contribution in [0.5, 0.6) is 0 Å². The van der Waals surface area contributed by atoms with Crippen molar-refractivity contribution in [1.82, 2.24) is 19.8 Å². The van der Waals surface area contributed by atoms with Gasteiger partial charge in [-0.3, -0.25) is 14.6 Å². The van der Waals surface area contributed by atoms with Crippen LogP contribution in [0, 0.1) is 0 Å². The van der Waals surface area contributed by atoms with Gasteiger partial charge in [-0.1, -0.05) is 36.7 Å². The Bertz CT molecular complexity index is 1150. The van der Waals surface area contributed by atoms with Crippen molar-refractivity contribution in [2.45, 2.75) is 37.0 Å². The van der Waals surface area contributed by atoms with Crippen LogP contribution in [-0.4, -0.2) is 35.4 Å². The van der Waals surface area contributed by atoms with Gasteiger partial charge in [-0.05, 0) is 18.6 Å². The molecule has 0 saturated heterocycles. The maximum absolute atomic E-state index is 12.7. The van der Waals surface area contributed by atoms with Crippen LogP contribution >= 0.6 is 0 Å². The molecule has 0 bridgehead atoms. The Balaban J connectivity index is 1.84. The monoisotopic (exact) mass is 417 g/mol. The predicted octanol–water partition coefficient (Wildman–Crippen LogP) is 1.50. The number of carbonyl (C=O) groups is 2. The Labute approximate surface area is 166 Å². The lowest BCUT2D eigenvalue weighted by Crippen LogP contribution is -2.31. The van der Waals surface area contributed by atoms with E-state index in [0.29, 0.717) is 11.8 Å². The lowest BCUT2D eigenvalue weighted by molar-refractivity contribution is -0.118. The summed E-state index contributed by atoms with van der Waals surface area (Å²) in [4.78, 5) is 31.5. The fourth-order valence-corrected chi connectivity index (χ4v) is 4.04. The van der Waals surface area contributed by atoms with Crippen molar-refractivity contribution >= 4 is 32.7 Å². The largest absolute Gasteiger partial charge is 0.370 e. The summed E-state index contributed by atoms with van der Waals surface area (Å²) in [7, 11) is -4.23. The van der Waals surface area contributed by atoms with E-state index in [1.165, 1.54) is 12.3 Å². The molecule has 152 valence electrons. The first-order valence-electron chi connectivity index (χ1n) is 8.84. The van der Waals surface area contributed by atoms with Gasteiger partial charge in [0, 0.05) is 23.9 Å². The van der Waals surface area contributed by atoms with Crippen molar-refractivity contribution in [3.8, 4) is 0 Å². The summed E-state index contributed by atoms with van der Waals surface area (Å²) in [6.07, 6.45) is 2.72. The molecular weight excluding hydrogens is 398 g/mol. The normalized spacial score (nSPS) is 12.6. The van der Waals surface area contributed by atoms with Crippen LogP contribution in [0.2, 0.25) is 0 Å². The number of pyridine rings is 1. The molecule has 2 aromatic heterocycles. The van der Waals surface area contributed by atoms with Crippen molar-refractivity contribution in [1.29, 1.82) is 0 Å². The van der Waals surface area contributed by atoms with Crippen LogP contribution in [0.25, 0.3) is 10.9 Å². The van der Waals surface area contributed by atoms with Crippen LogP contribution in [-0.2, 0) is 14.8 Å². The highest BCUT2D eigenvalue weighted by molar-refractivity contribution is 7.90. The van der Waals surface area contributed by atoms with E-state index in [-0.39, 0.29) is 22.7 Å². The minimum Gasteiger partial charge on any atom is -0.370 e. The number of fused-ring (bicyclic) bond motifs is 1. The molecule has 3 aromatic rings. The highest BCUT2D eigenvalue weighted by Gasteiger charge is 2.27. The Morgan fingerprint density at radius 2 is 2.00 bits per heavy atom. The molecule has 3 N–H and O–H groups in total. The zero-order valence-electron chi connectivity index (χ0n) is 15.5. The molecule has 3 rings (SSSR count). The second-order valence-electron chi connectivity index (χ2n) is 6.38. The molecule has 0 aliphatic rings. The summed E-state index contributed by atoms with van der Waals surface area (Å²) >= 11 is 0. The van der Waals surface area contributed by atoms with Crippen LogP contribution < -0.4 is 10.5 Å². The van der Waals surface area contributed by atoms with Gasteiger partial charge in [0.15, 0.2) is 0 Å². The average molecular weight is 417 g/mol. The molecule has 10 nitrogen and oxygen atoms in total. The van der Waals surface area contributed by atoms with Crippen LogP contribution in [0.1, 0.15) is 48.6 Å². The molecule has 1 unspecified atom stereocenters. The van der Waals surface area contributed by atoms with Crippen molar-refractivity contribution in [3.63, 3.8) is 0 Å². The van der Waals surface area contributed by atoms with Crippen molar-refractivity contribution in [2.24, 2.45) is 5.73 Å². The molecule has 1 atom stereocenters. The van der Waals surface area contributed by atoms with Gasteiger partial charge in [0.2, 0.25) is 11.8 Å². The molecule has 2 heterocycles. The van der Waals surface area contributed by atoms with E-state index in [2.05, 4.69) is 15.1 Å². The van der Waals surface area contributed by atoms with Crippen molar-refractivity contribution in [2.75, 3.05) is 0 Å².